The van der Waals surface area contributed by atoms with Crippen LogP contribution in [0.3, 0.4) is 0 Å². The maximum Gasteiger partial charge on any atom is 0.0596 e. The largest absolute Gasteiger partial charge is 0.271 e. The molecule has 0 amide bonds. The summed E-state index contributed by atoms with van der Waals surface area (Å²) >= 11 is 0. The highest BCUT2D eigenvalue weighted by Gasteiger charge is 2.19. The molecule has 1 rings (SSSR count). The van der Waals surface area contributed by atoms with Gasteiger partial charge in [0.15, 0.2) is 0 Å². The Balaban J connectivity index is 2.73. The average molecular weight is 238 g/mol. The number of hydrazine groups is 1. The van der Waals surface area contributed by atoms with Crippen molar-refractivity contribution in [2.75, 3.05) is 0 Å². The summed E-state index contributed by atoms with van der Waals surface area (Å²) in [4.78, 5) is 0. The van der Waals surface area contributed by atoms with E-state index in [-0.39, 0.29) is 5.41 Å². The van der Waals surface area contributed by atoms with E-state index in [9.17, 15) is 0 Å². The molecule has 1 atom stereocenters. The summed E-state index contributed by atoms with van der Waals surface area (Å²) < 4.78 is 2.06. The molecule has 0 aromatic carbocycles. The highest BCUT2D eigenvalue weighted by molar-refractivity contribution is 5.10. The molecule has 3 N–H and O–H groups in total. The molecule has 0 saturated carbocycles. The Morgan fingerprint density at radius 3 is 2.59 bits per heavy atom. The van der Waals surface area contributed by atoms with Crippen LogP contribution >= 0.6 is 0 Å². The SMILES string of the molecule is CCn1nc(C)cc1CC(CC(C)(C)C)NN. The van der Waals surface area contributed by atoms with Crippen molar-refractivity contribution in [2.24, 2.45) is 11.3 Å². The summed E-state index contributed by atoms with van der Waals surface area (Å²) in [6.45, 7) is 11.8. The quantitative estimate of drug-likeness (QED) is 0.609. The van der Waals surface area contributed by atoms with Crippen molar-refractivity contribution < 1.29 is 0 Å². The summed E-state index contributed by atoms with van der Waals surface area (Å²) in [5.41, 5.74) is 5.55. The fourth-order valence-corrected chi connectivity index (χ4v) is 2.22. The van der Waals surface area contributed by atoms with E-state index < -0.39 is 0 Å². The van der Waals surface area contributed by atoms with Crippen molar-refractivity contribution in [3.8, 4) is 0 Å². The van der Waals surface area contributed by atoms with Crippen molar-refractivity contribution in [1.82, 2.24) is 15.2 Å². The van der Waals surface area contributed by atoms with Gasteiger partial charge in [0.1, 0.15) is 0 Å². The predicted molar refractivity (Wildman–Crippen MR) is 71.5 cm³/mol. The molecule has 0 saturated heterocycles. The Labute approximate surface area is 105 Å². The van der Waals surface area contributed by atoms with E-state index in [0.29, 0.717) is 6.04 Å². The second-order valence-electron chi connectivity index (χ2n) is 5.93. The van der Waals surface area contributed by atoms with Gasteiger partial charge in [0.2, 0.25) is 0 Å². The van der Waals surface area contributed by atoms with Crippen LogP contribution in [0.2, 0.25) is 0 Å². The topological polar surface area (TPSA) is 55.9 Å². The lowest BCUT2D eigenvalue weighted by Crippen LogP contribution is -2.39. The molecule has 1 unspecified atom stereocenters. The normalized spacial score (nSPS) is 14.0. The molecule has 0 fully saturated rings. The lowest BCUT2D eigenvalue weighted by Gasteiger charge is -2.25. The van der Waals surface area contributed by atoms with E-state index in [2.05, 4.69) is 49.0 Å². The molecule has 0 aliphatic rings. The predicted octanol–water partition coefficient (Wildman–Crippen LogP) is 2.02. The number of nitrogens with two attached hydrogens (primary N) is 1. The van der Waals surface area contributed by atoms with Gasteiger partial charge in [-0.05, 0) is 31.7 Å². The van der Waals surface area contributed by atoms with E-state index in [4.69, 9.17) is 5.84 Å². The first-order chi connectivity index (χ1) is 7.85. The molecule has 0 spiro atoms. The van der Waals surface area contributed by atoms with Gasteiger partial charge < -0.3 is 0 Å². The number of nitrogens with one attached hydrogen (secondary N) is 1. The Morgan fingerprint density at radius 1 is 1.47 bits per heavy atom. The summed E-state index contributed by atoms with van der Waals surface area (Å²) in [7, 11) is 0. The Morgan fingerprint density at radius 2 is 2.12 bits per heavy atom. The van der Waals surface area contributed by atoms with Crippen molar-refractivity contribution in [2.45, 2.75) is 60.0 Å². The lowest BCUT2D eigenvalue weighted by atomic mass is 9.87. The third-order valence-corrected chi connectivity index (χ3v) is 2.84. The molecular formula is C13H26N4. The monoisotopic (exact) mass is 238 g/mol. The van der Waals surface area contributed by atoms with Crippen LogP contribution in [0.1, 0.15) is 45.5 Å². The Bertz CT molecular complexity index is 349. The molecule has 1 aromatic heterocycles. The highest BCUT2D eigenvalue weighted by Crippen LogP contribution is 2.22. The Hall–Kier alpha value is -0.870. The van der Waals surface area contributed by atoms with Gasteiger partial charge in [-0.3, -0.25) is 16.0 Å². The zero-order chi connectivity index (χ0) is 13.1. The van der Waals surface area contributed by atoms with E-state index in [1.54, 1.807) is 0 Å². The van der Waals surface area contributed by atoms with E-state index >= 15 is 0 Å². The van der Waals surface area contributed by atoms with Gasteiger partial charge in [-0.25, -0.2) is 0 Å². The first-order valence-electron chi connectivity index (χ1n) is 6.35. The lowest BCUT2D eigenvalue weighted by molar-refractivity contribution is 0.305. The second-order valence-corrected chi connectivity index (χ2v) is 5.93. The maximum atomic E-state index is 5.65. The zero-order valence-corrected chi connectivity index (χ0v) is 11.7. The minimum absolute atomic E-state index is 0.281. The fraction of sp³-hybridized carbons (Fsp3) is 0.769. The zero-order valence-electron chi connectivity index (χ0n) is 11.7. The van der Waals surface area contributed by atoms with Crippen LogP contribution in [0.4, 0.5) is 0 Å². The molecule has 0 bridgehead atoms. The highest BCUT2D eigenvalue weighted by atomic mass is 15.3. The summed E-state index contributed by atoms with van der Waals surface area (Å²) in [5.74, 6) is 5.65. The minimum atomic E-state index is 0.281. The Kier molecular flexibility index (Phi) is 4.71. The van der Waals surface area contributed by atoms with Crippen LogP contribution in [-0.4, -0.2) is 15.8 Å². The number of aryl methyl sites for hydroxylation is 2. The second kappa shape index (κ2) is 5.65. The van der Waals surface area contributed by atoms with Gasteiger partial charge in [-0.1, -0.05) is 20.8 Å². The van der Waals surface area contributed by atoms with Gasteiger partial charge in [-0.15, -0.1) is 0 Å². The molecular weight excluding hydrogens is 212 g/mol. The summed E-state index contributed by atoms with van der Waals surface area (Å²) in [5, 5.41) is 4.46. The van der Waals surface area contributed by atoms with E-state index in [1.165, 1.54) is 5.69 Å². The maximum absolute atomic E-state index is 5.65. The number of nitrogens with zero attached hydrogens (tertiary/aromatic N) is 2. The third kappa shape index (κ3) is 4.48. The van der Waals surface area contributed by atoms with Crippen molar-refractivity contribution >= 4 is 0 Å². The molecule has 4 nitrogen and oxygen atoms in total. The van der Waals surface area contributed by atoms with Crippen LogP contribution in [0.15, 0.2) is 6.07 Å². The van der Waals surface area contributed by atoms with Gasteiger partial charge in [-0.2, -0.15) is 5.10 Å². The first kappa shape index (κ1) is 14.2. The molecule has 0 aliphatic carbocycles. The third-order valence-electron chi connectivity index (χ3n) is 2.84. The van der Waals surface area contributed by atoms with Crippen LogP contribution in [0.25, 0.3) is 0 Å². The number of hydrogen-bond donors (Lipinski definition) is 2. The minimum Gasteiger partial charge on any atom is -0.271 e. The number of hydrogen-bond acceptors (Lipinski definition) is 3. The van der Waals surface area contributed by atoms with Crippen molar-refractivity contribution in [1.29, 1.82) is 0 Å². The number of rotatable bonds is 5. The molecule has 1 heterocycles. The smallest absolute Gasteiger partial charge is 0.0596 e. The standard InChI is InChI=1S/C13H26N4/c1-6-17-12(7-10(2)16-17)8-11(15-14)9-13(3,4)5/h7,11,15H,6,8-9,14H2,1-5H3. The molecule has 17 heavy (non-hydrogen) atoms. The van der Waals surface area contributed by atoms with Gasteiger partial charge >= 0.3 is 0 Å². The summed E-state index contributed by atoms with van der Waals surface area (Å²) in [6, 6.07) is 2.45. The summed E-state index contributed by atoms with van der Waals surface area (Å²) in [6.07, 6.45) is 1.99. The average Bonchev–Trinajstić information content (AvgIpc) is 2.55. The number of aromatic nitrogens is 2. The molecule has 0 aliphatic heterocycles. The van der Waals surface area contributed by atoms with E-state index in [1.807, 2.05) is 6.92 Å². The van der Waals surface area contributed by atoms with Gasteiger partial charge in [0.05, 0.1) is 5.69 Å². The van der Waals surface area contributed by atoms with Crippen LogP contribution in [-0.2, 0) is 13.0 Å². The van der Waals surface area contributed by atoms with Gasteiger partial charge in [0.25, 0.3) is 0 Å². The first-order valence-corrected chi connectivity index (χ1v) is 6.35. The van der Waals surface area contributed by atoms with E-state index in [0.717, 1.165) is 25.1 Å². The molecule has 98 valence electrons. The molecule has 4 heteroatoms. The van der Waals surface area contributed by atoms with Gasteiger partial charge in [0, 0.05) is 24.7 Å². The van der Waals surface area contributed by atoms with Crippen molar-refractivity contribution in [3.05, 3.63) is 17.5 Å². The molecule has 1 aromatic rings. The van der Waals surface area contributed by atoms with Crippen LogP contribution in [0, 0.1) is 12.3 Å². The van der Waals surface area contributed by atoms with Crippen molar-refractivity contribution in [3.63, 3.8) is 0 Å². The van der Waals surface area contributed by atoms with Crippen LogP contribution < -0.4 is 11.3 Å². The van der Waals surface area contributed by atoms with Crippen LogP contribution in [0.5, 0.6) is 0 Å². The molecule has 0 radical (unpaired) electrons. The fourth-order valence-electron chi connectivity index (χ4n) is 2.22.